The van der Waals surface area contributed by atoms with E-state index in [-0.39, 0.29) is 0 Å². The highest BCUT2D eigenvalue weighted by molar-refractivity contribution is 5.84. The third-order valence-electron chi connectivity index (χ3n) is 2.39. The Kier molecular flexibility index (Phi) is 6.49. The standard InChI is InChI=1S/C16H16O4/c1-18-12-11-13(5-4-6-16(17)20-3)14-7-9-15(19-2)10-8-14/h4-10H,1-3H3/b6-4+,13-5+. The second kappa shape index (κ2) is 8.44. The fourth-order valence-electron chi connectivity index (χ4n) is 1.38. The Labute approximate surface area is 118 Å². The zero-order valence-corrected chi connectivity index (χ0v) is 11.7. The maximum absolute atomic E-state index is 11.0. The van der Waals surface area contributed by atoms with Gasteiger partial charge in [0.05, 0.1) is 21.3 Å². The van der Waals surface area contributed by atoms with Gasteiger partial charge in [-0.2, -0.15) is 0 Å². The van der Waals surface area contributed by atoms with Crippen molar-refractivity contribution in [3.63, 3.8) is 0 Å². The number of carbonyl (C=O) groups is 1. The lowest BCUT2D eigenvalue weighted by Gasteiger charge is -2.02. The van der Waals surface area contributed by atoms with Crippen molar-refractivity contribution in [3.05, 3.63) is 48.1 Å². The van der Waals surface area contributed by atoms with Gasteiger partial charge in [0.25, 0.3) is 0 Å². The first-order valence-corrected chi connectivity index (χ1v) is 5.86. The summed E-state index contributed by atoms with van der Waals surface area (Å²) in [6.45, 7) is 0. The molecule has 1 aromatic carbocycles. The summed E-state index contributed by atoms with van der Waals surface area (Å²) in [7, 11) is 4.42. The largest absolute Gasteiger partial charge is 0.497 e. The summed E-state index contributed by atoms with van der Waals surface area (Å²) in [6, 6.07) is 7.42. The summed E-state index contributed by atoms with van der Waals surface area (Å²) < 4.78 is 14.4. The van der Waals surface area contributed by atoms with Crippen LogP contribution in [0.2, 0.25) is 0 Å². The van der Waals surface area contributed by atoms with Gasteiger partial charge in [0.2, 0.25) is 0 Å². The first-order valence-electron chi connectivity index (χ1n) is 5.86. The number of methoxy groups -OCH3 is 3. The maximum Gasteiger partial charge on any atom is 0.330 e. The molecule has 1 rings (SSSR count). The smallest absolute Gasteiger partial charge is 0.330 e. The molecule has 0 unspecified atom stereocenters. The maximum atomic E-state index is 11.0. The molecule has 0 atom stereocenters. The Morgan fingerprint density at radius 3 is 2.40 bits per heavy atom. The van der Waals surface area contributed by atoms with Gasteiger partial charge in [0, 0.05) is 11.6 Å². The van der Waals surface area contributed by atoms with E-state index >= 15 is 0 Å². The van der Waals surface area contributed by atoms with E-state index in [1.54, 1.807) is 19.3 Å². The SMILES string of the molecule is COC#C/C(=C\C=C\C(=O)OC)c1ccc(OC)cc1. The molecule has 4 nitrogen and oxygen atoms in total. The molecule has 0 N–H and O–H groups in total. The van der Waals surface area contributed by atoms with Gasteiger partial charge in [-0.15, -0.1) is 0 Å². The van der Waals surface area contributed by atoms with Crippen molar-refractivity contribution < 1.29 is 19.0 Å². The molecule has 0 bridgehead atoms. The van der Waals surface area contributed by atoms with Crippen molar-refractivity contribution in [2.75, 3.05) is 21.3 Å². The Morgan fingerprint density at radius 2 is 1.85 bits per heavy atom. The highest BCUT2D eigenvalue weighted by Crippen LogP contribution is 2.18. The van der Waals surface area contributed by atoms with Gasteiger partial charge in [0.15, 0.2) is 0 Å². The van der Waals surface area contributed by atoms with Gasteiger partial charge < -0.3 is 14.2 Å². The number of hydrogen-bond acceptors (Lipinski definition) is 4. The lowest BCUT2D eigenvalue weighted by Crippen LogP contribution is -1.93. The van der Waals surface area contributed by atoms with Gasteiger partial charge in [0.1, 0.15) is 11.9 Å². The van der Waals surface area contributed by atoms with E-state index in [2.05, 4.69) is 16.8 Å². The van der Waals surface area contributed by atoms with Crippen LogP contribution in [0.3, 0.4) is 0 Å². The molecule has 0 aliphatic heterocycles. The average molecular weight is 272 g/mol. The quantitative estimate of drug-likeness (QED) is 0.365. The molecule has 4 heteroatoms. The Hall–Kier alpha value is -2.67. The van der Waals surface area contributed by atoms with Crippen LogP contribution in [-0.4, -0.2) is 27.3 Å². The predicted molar refractivity (Wildman–Crippen MR) is 76.9 cm³/mol. The highest BCUT2D eigenvalue weighted by atomic mass is 16.5. The molecular weight excluding hydrogens is 256 g/mol. The molecule has 0 fully saturated rings. The molecule has 0 aliphatic rings. The van der Waals surface area contributed by atoms with Gasteiger partial charge in [-0.05, 0) is 29.7 Å². The number of esters is 1. The summed E-state index contributed by atoms with van der Waals surface area (Å²) in [5, 5.41) is 0. The fourth-order valence-corrected chi connectivity index (χ4v) is 1.38. The third kappa shape index (κ3) is 4.91. The summed E-state index contributed by atoms with van der Waals surface area (Å²) in [6.07, 6.45) is 7.14. The fraction of sp³-hybridized carbons (Fsp3) is 0.188. The van der Waals surface area contributed by atoms with E-state index in [1.807, 2.05) is 24.3 Å². The molecule has 0 saturated carbocycles. The van der Waals surface area contributed by atoms with Crippen molar-refractivity contribution in [1.82, 2.24) is 0 Å². The zero-order chi connectivity index (χ0) is 14.8. The molecule has 0 radical (unpaired) electrons. The van der Waals surface area contributed by atoms with E-state index in [9.17, 15) is 4.79 Å². The topological polar surface area (TPSA) is 44.8 Å². The first kappa shape index (κ1) is 15.4. The lowest BCUT2D eigenvalue weighted by molar-refractivity contribution is -0.134. The summed E-state index contributed by atoms with van der Waals surface area (Å²) in [4.78, 5) is 11.0. The van der Waals surface area contributed by atoms with Crippen molar-refractivity contribution in [2.45, 2.75) is 0 Å². The van der Waals surface area contributed by atoms with Crippen LogP contribution in [0.15, 0.2) is 42.5 Å². The molecule has 20 heavy (non-hydrogen) atoms. The van der Waals surface area contributed by atoms with Gasteiger partial charge in [-0.3, -0.25) is 0 Å². The molecule has 0 spiro atoms. The van der Waals surface area contributed by atoms with Crippen LogP contribution in [0.25, 0.3) is 5.57 Å². The molecule has 0 amide bonds. The highest BCUT2D eigenvalue weighted by Gasteiger charge is 1.99. The Balaban J connectivity index is 3.01. The molecule has 1 aromatic rings. The minimum Gasteiger partial charge on any atom is -0.497 e. The van der Waals surface area contributed by atoms with E-state index in [0.717, 1.165) is 16.9 Å². The second-order valence-electron chi connectivity index (χ2n) is 3.62. The van der Waals surface area contributed by atoms with Crippen LogP contribution in [0.4, 0.5) is 0 Å². The molecular formula is C16H16O4. The number of hydrogen-bond donors (Lipinski definition) is 0. The van der Waals surface area contributed by atoms with Gasteiger partial charge >= 0.3 is 5.97 Å². The Morgan fingerprint density at radius 1 is 1.15 bits per heavy atom. The number of benzene rings is 1. The van der Waals surface area contributed by atoms with Crippen LogP contribution in [0.5, 0.6) is 5.75 Å². The van der Waals surface area contributed by atoms with E-state index in [0.29, 0.717) is 0 Å². The number of ether oxygens (including phenoxy) is 3. The van der Waals surface area contributed by atoms with Crippen LogP contribution >= 0.6 is 0 Å². The monoisotopic (exact) mass is 272 g/mol. The second-order valence-corrected chi connectivity index (χ2v) is 3.62. The number of rotatable bonds is 4. The molecule has 0 saturated heterocycles. The van der Waals surface area contributed by atoms with Gasteiger partial charge in [-0.1, -0.05) is 18.2 Å². The minimum absolute atomic E-state index is 0.421. The normalized spacial score (nSPS) is 10.7. The van der Waals surface area contributed by atoms with Crippen LogP contribution < -0.4 is 4.74 Å². The van der Waals surface area contributed by atoms with Crippen LogP contribution in [0, 0.1) is 12.0 Å². The molecule has 0 aliphatic carbocycles. The average Bonchev–Trinajstić information content (AvgIpc) is 2.50. The predicted octanol–water partition coefficient (Wildman–Crippen LogP) is 2.42. The molecule has 104 valence electrons. The molecule has 0 heterocycles. The van der Waals surface area contributed by atoms with Crippen LogP contribution in [-0.2, 0) is 14.3 Å². The molecule has 0 aromatic heterocycles. The van der Waals surface area contributed by atoms with Crippen molar-refractivity contribution in [2.24, 2.45) is 0 Å². The number of allylic oxidation sites excluding steroid dienone is 3. The van der Waals surface area contributed by atoms with E-state index < -0.39 is 5.97 Å². The zero-order valence-electron chi connectivity index (χ0n) is 11.7. The lowest BCUT2D eigenvalue weighted by atomic mass is 10.1. The Bertz CT molecular complexity index is 556. The summed E-state index contributed by atoms with van der Waals surface area (Å²) in [5.41, 5.74) is 1.61. The van der Waals surface area contributed by atoms with Crippen LogP contribution in [0.1, 0.15) is 5.56 Å². The summed E-state index contributed by atoms with van der Waals surface area (Å²) in [5.74, 6) is 3.20. The van der Waals surface area contributed by atoms with E-state index in [4.69, 9.17) is 9.47 Å². The van der Waals surface area contributed by atoms with Crippen molar-refractivity contribution >= 4 is 11.5 Å². The first-order chi connectivity index (χ1) is 9.71. The third-order valence-corrected chi connectivity index (χ3v) is 2.39. The summed E-state index contributed by atoms with van der Waals surface area (Å²) >= 11 is 0. The van der Waals surface area contributed by atoms with Crippen molar-refractivity contribution in [3.8, 4) is 17.8 Å². The minimum atomic E-state index is -0.421. The number of carbonyl (C=O) groups excluding carboxylic acids is 1. The van der Waals surface area contributed by atoms with Crippen molar-refractivity contribution in [1.29, 1.82) is 0 Å². The van der Waals surface area contributed by atoms with Gasteiger partial charge in [-0.25, -0.2) is 4.79 Å². The van der Waals surface area contributed by atoms with E-state index in [1.165, 1.54) is 20.3 Å².